The number of aromatic amines is 1. The SMILES string of the molecule is CCc1cccc(CC)c1-n1nc2c(c1-c1c(F)cc(COC(=O)CCC(NC(C)=O)C(=O)O)c3[nH]ccc13)CN(c1ncc(C(F)(F)F)cn1)CC2. The Morgan fingerprint density at radius 3 is 2.40 bits per heavy atom. The molecule has 16 heteroatoms. The maximum Gasteiger partial charge on any atom is 0.419 e. The average Bonchev–Trinajstić information content (AvgIpc) is 3.76. The van der Waals surface area contributed by atoms with E-state index in [0.29, 0.717) is 59.2 Å². The molecule has 278 valence electrons. The molecular formula is C37H37F4N7O5. The summed E-state index contributed by atoms with van der Waals surface area (Å²) in [6.07, 6.45) is -0.222. The summed E-state index contributed by atoms with van der Waals surface area (Å²) in [6, 6.07) is 7.67. The van der Waals surface area contributed by atoms with Crippen molar-refractivity contribution in [2.45, 2.75) is 78.2 Å². The smallest absolute Gasteiger partial charge is 0.419 e. The second-order valence-electron chi connectivity index (χ2n) is 12.7. The van der Waals surface area contributed by atoms with Crippen molar-refractivity contribution in [2.24, 2.45) is 0 Å². The molecular weight excluding hydrogens is 698 g/mol. The highest BCUT2D eigenvalue weighted by Gasteiger charge is 2.34. The first-order valence-electron chi connectivity index (χ1n) is 17.1. The molecule has 0 saturated carbocycles. The van der Waals surface area contributed by atoms with Crippen molar-refractivity contribution >= 4 is 34.7 Å². The van der Waals surface area contributed by atoms with Crippen LogP contribution in [-0.2, 0) is 57.7 Å². The third-order valence-corrected chi connectivity index (χ3v) is 9.27. The number of anilines is 1. The molecule has 5 aromatic rings. The number of H-pyrrole nitrogens is 1. The summed E-state index contributed by atoms with van der Waals surface area (Å²) in [6.45, 7) is 5.41. The maximum atomic E-state index is 16.8. The van der Waals surface area contributed by atoms with Crippen LogP contribution in [0.1, 0.15) is 67.1 Å². The lowest BCUT2D eigenvalue weighted by Gasteiger charge is -2.27. The van der Waals surface area contributed by atoms with Gasteiger partial charge in [-0.1, -0.05) is 32.0 Å². The first-order chi connectivity index (χ1) is 25.3. The number of fused-ring (bicyclic) bond motifs is 2. The largest absolute Gasteiger partial charge is 0.480 e. The van der Waals surface area contributed by atoms with Gasteiger partial charge >= 0.3 is 18.1 Å². The van der Waals surface area contributed by atoms with Crippen LogP contribution in [-0.4, -0.2) is 60.3 Å². The summed E-state index contributed by atoms with van der Waals surface area (Å²) in [7, 11) is 0. The Labute approximate surface area is 301 Å². The van der Waals surface area contributed by atoms with E-state index < -0.39 is 41.4 Å². The minimum absolute atomic E-state index is 0.0988. The number of carboxylic acids is 1. The Hall–Kier alpha value is -5.80. The van der Waals surface area contributed by atoms with E-state index in [1.807, 2.05) is 32.0 Å². The van der Waals surface area contributed by atoms with E-state index in [4.69, 9.17) is 9.84 Å². The topological polar surface area (TPSA) is 155 Å². The van der Waals surface area contributed by atoms with Gasteiger partial charge in [-0.3, -0.25) is 9.59 Å². The predicted molar refractivity (Wildman–Crippen MR) is 186 cm³/mol. The minimum atomic E-state index is -4.59. The Balaban J connectivity index is 1.41. The molecule has 0 fully saturated rings. The van der Waals surface area contributed by atoms with Gasteiger partial charge in [0.1, 0.15) is 18.5 Å². The van der Waals surface area contributed by atoms with Crippen LogP contribution in [0.3, 0.4) is 0 Å². The molecule has 0 saturated heterocycles. The van der Waals surface area contributed by atoms with Crippen molar-refractivity contribution in [1.29, 1.82) is 0 Å². The molecule has 12 nitrogen and oxygen atoms in total. The lowest BCUT2D eigenvalue weighted by molar-refractivity contribution is -0.146. The standard InChI is InChI=1S/C37H37F4N7O5/c1-4-21-7-6-8-22(5-2)33(21)48-34(26-18-47(14-12-28(26)46-48)36-43-16-24(17-44-36)37(39,40)41)31-25-11-13-42-32(25)23(15-27(31)38)19-53-30(50)10-9-29(35(51)52)45-20(3)49/h6-8,11,13,15-17,29,42H,4-5,9-10,12,14,18-19H2,1-3H3,(H,45,49)(H,51,52). The van der Waals surface area contributed by atoms with Gasteiger partial charge in [-0.2, -0.15) is 18.3 Å². The number of para-hydroxylation sites is 1. The number of benzene rings is 2. The highest BCUT2D eigenvalue weighted by Crippen LogP contribution is 2.41. The van der Waals surface area contributed by atoms with Crippen LogP contribution >= 0.6 is 0 Å². The van der Waals surface area contributed by atoms with Crippen molar-refractivity contribution in [2.75, 3.05) is 11.4 Å². The molecule has 1 atom stereocenters. The van der Waals surface area contributed by atoms with Crippen LogP contribution < -0.4 is 10.2 Å². The molecule has 0 spiro atoms. The average molecular weight is 736 g/mol. The van der Waals surface area contributed by atoms with E-state index in [1.54, 1.807) is 21.8 Å². The number of amides is 1. The Morgan fingerprint density at radius 2 is 1.77 bits per heavy atom. The molecule has 2 aromatic carbocycles. The Bertz CT molecular complexity index is 2160. The number of nitrogens with zero attached hydrogens (tertiary/aromatic N) is 5. The number of esters is 1. The summed E-state index contributed by atoms with van der Waals surface area (Å²) >= 11 is 0. The quantitative estimate of drug-likeness (QED) is 0.102. The Kier molecular flexibility index (Phi) is 10.5. The fraction of sp³-hybridized carbons (Fsp3) is 0.351. The zero-order valence-electron chi connectivity index (χ0n) is 29.2. The number of hydrogen-bond donors (Lipinski definition) is 3. The summed E-state index contributed by atoms with van der Waals surface area (Å²) in [5.74, 6) is -3.10. The van der Waals surface area contributed by atoms with Crippen LogP contribution in [0.15, 0.2) is 48.9 Å². The van der Waals surface area contributed by atoms with Crippen molar-refractivity contribution in [3.63, 3.8) is 0 Å². The van der Waals surface area contributed by atoms with Gasteiger partial charge in [0, 0.05) is 73.5 Å². The summed E-state index contributed by atoms with van der Waals surface area (Å²) in [5, 5.41) is 17.1. The molecule has 1 unspecified atom stereocenters. The highest BCUT2D eigenvalue weighted by molar-refractivity contribution is 5.98. The van der Waals surface area contributed by atoms with Gasteiger partial charge < -0.3 is 25.0 Å². The van der Waals surface area contributed by atoms with E-state index in [0.717, 1.165) is 29.2 Å². The normalized spacial score (nSPS) is 13.5. The van der Waals surface area contributed by atoms with Crippen molar-refractivity contribution < 1.29 is 41.8 Å². The van der Waals surface area contributed by atoms with Crippen LogP contribution in [0.25, 0.3) is 27.8 Å². The number of carboxylic acid groups (broad SMARTS) is 1. The van der Waals surface area contributed by atoms with Gasteiger partial charge in [-0.25, -0.2) is 23.8 Å². The number of rotatable bonds is 12. The number of hydrogen-bond acceptors (Lipinski definition) is 8. The number of ether oxygens (including phenoxy) is 1. The summed E-state index contributed by atoms with van der Waals surface area (Å²) < 4.78 is 63.8. The zero-order chi connectivity index (χ0) is 38.0. The molecule has 0 aliphatic carbocycles. The summed E-state index contributed by atoms with van der Waals surface area (Å²) in [5.41, 5.74) is 4.74. The molecule has 0 radical (unpaired) electrons. The Morgan fingerprint density at radius 1 is 1.08 bits per heavy atom. The second-order valence-corrected chi connectivity index (χ2v) is 12.7. The van der Waals surface area contributed by atoms with E-state index in [9.17, 15) is 32.7 Å². The molecule has 3 aromatic heterocycles. The van der Waals surface area contributed by atoms with Gasteiger partial charge in [0.05, 0.1) is 28.2 Å². The van der Waals surface area contributed by atoms with Crippen LogP contribution in [0.4, 0.5) is 23.5 Å². The van der Waals surface area contributed by atoms with Crippen molar-refractivity contribution in [3.05, 3.63) is 88.3 Å². The first-order valence-corrected chi connectivity index (χ1v) is 17.1. The van der Waals surface area contributed by atoms with Gasteiger partial charge in [-0.05, 0) is 42.5 Å². The monoisotopic (exact) mass is 735 g/mol. The lowest BCUT2D eigenvalue weighted by Crippen LogP contribution is -2.39. The number of carbonyl (C=O) groups excluding carboxylic acids is 2. The van der Waals surface area contributed by atoms with E-state index >= 15 is 4.39 Å². The highest BCUT2D eigenvalue weighted by atomic mass is 19.4. The zero-order valence-corrected chi connectivity index (χ0v) is 29.2. The second kappa shape index (κ2) is 15.0. The van der Waals surface area contributed by atoms with Crippen molar-refractivity contribution in [3.8, 4) is 16.9 Å². The van der Waals surface area contributed by atoms with Crippen LogP contribution in [0.2, 0.25) is 0 Å². The van der Waals surface area contributed by atoms with Crippen LogP contribution in [0, 0.1) is 5.82 Å². The van der Waals surface area contributed by atoms with Gasteiger partial charge in [0.15, 0.2) is 0 Å². The van der Waals surface area contributed by atoms with Gasteiger partial charge in [0.25, 0.3) is 0 Å². The molecule has 4 heterocycles. The van der Waals surface area contributed by atoms with Crippen molar-refractivity contribution in [1.82, 2.24) is 30.0 Å². The molecule has 6 rings (SSSR count). The third kappa shape index (κ3) is 7.57. The summed E-state index contributed by atoms with van der Waals surface area (Å²) in [4.78, 5) is 48.3. The number of alkyl halides is 3. The third-order valence-electron chi connectivity index (χ3n) is 9.27. The van der Waals surface area contributed by atoms with Gasteiger partial charge in [0.2, 0.25) is 11.9 Å². The molecule has 1 amide bonds. The molecule has 0 bridgehead atoms. The molecule has 1 aliphatic rings. The molecule has 3 N–H and O–H groups in total. The van der Waals surface area contributed by atoms with E-state index in [-0.39, 0.29) is 37.5 Å². The maximum absolute atomic E-state index is 16.8. The number of halogens is 4. The molecule has 53 heavy (non-hydrogen) atoms. The lowest BCUT2D eigenvalue weighted by atomic mass is 9.95. The number of aliphatic carboxylic acids is 1. The van der Waals surface area contributed by atoms with Gasteiger partial charge in [-0.15, -0.1) is 0 Å². The fourth-order valence-electron chi connectivity index (χ4n) is 6.70. The number of aromatic nitrogens is 5. The van der Waals surface area contributed by atoms with Crippen LogP contribution in [0.5, 0.6) is 0 Å². The predicted octanol–water partition coefficient (Wildman–Crippen LogP) is 6.07. The molecule has 1 aliphatic heterocycles. The van der Waals surface area contributed by atoms with E-state index in [1.165, 1.54) is 13.0 Å². The number of aryl methyl sites for hydroxylation is 2. The fourth-order valence-corrected chi connectivity index (χ4v) is 6.70. The van der Waals surface area contributed by atoms with E-state index in [2.05, 4.69) is 20.3 Å². The first kappa shape index (κ1) is 37.0. The number of nitrogens with one attached hydrogen (secondary N) is 2. The number of carbonyl (C=O) groups is 3. The minimum Gasteiger partial charge on any atom is -0.480 e.